The maximum atomic E-state index is 12.0. The SMILES string of the molecule is CCc1cccc[n+]1CCOC(=O)Nc1ccc(Cc2ccc(N=C=O)cc2)cc1.O=S(=O)([N-]S(=O)(=O)C(F)(F)F)C(F)(F)F. The first-order valence-corrected chi connectivity index (χ1v) is 15.3. The summed E-state index contributed by atoms with van der Waals surface area (Å²) in [6.07, 6.45) is 4.72. The summed E-state index contributed by atoms with van der Waals surface area (Å²) in [6.45, 7) is 3.02. The number of alkyl halides is 6. The molecule has 3 rings (SSSR count). The molecule has 0 bridgehead atoms. The van der Waals surface area contributed by atoms with Crippen LogP contribution >= 0.6 is 0 Å². The van der Waals surface area contributed by atoms with Gasteiger partial charge in [0.25, 0.3) is 0 Å². The summed E-state index contributed by atoms with van der Waals surface area (Å²) < 4.78 is 117. The molecule has 19 heteroatoms. The number of hydrogen-bond acceptors (Lipinski definition) is 8. The van der Waals surface area contributed by atoms with Gasteiger partial charge in [-0.15, -0.1) is 0 Å². The molecule has 0 unspecified atom stereocenters. The lowest BCUT2D eigenvalue weighted by molar-refractivity contribution is -0.704. The number of nitrogens with zero attached hydrogens (tertiary/aromatic N) is 3. The number of aliphatic imine (C=N–C) groups is 1. The molecule has 2 aromatic carbocycles. The highest BCUT2D eigenvalue weighted by molar-refractivity contribution is 8.13. The number of halogens is 6. The Morgan fingerprint density at radius 2 is 1.42 bits per heavy atom. The molecule has 0 spiro atoms. The zero-order chi connectivity index (χ0) is 33.9. The number of amides is 1. The van der Waals surface area contributed by atoms with Gasteiger partial charge in [0.15, 0.2) is 45.1 Å². The van der Waals surface area contributed by atoms with Crippen LogP contribution in [0.4, 0.5) is 42.5 Å². The van der Waals surface area contributed by atoms with E-state index in [1.807, 2.05) is 54.7 Å². The largest absolute Gasteiger partial charge is 0.480 e. The fourth-order valence-electron chi connectivity index (χ4n) is 3.34. The lowest BCUT2D eigenvalue weighted by Crippen LogP contribution is -2.40. The average molecular weight is 683 g/mol. The molecule has 0 aliphatic rings. The summed E-state index contributed by atoms with van der Waals surface area (Å²) >= 11 is 0. The van der Waals surface area contributed by atoms with Crippen molar-refractivity contribution in [1.29, 1.82) is 0 Å². The Kier molecular flexibility index (Phi) is 12.8. The molecule has 1 heterocycles. The fourth-order valence-corrected chi connectivity index (χ4v) is 5.05. The van der Waals surface area contributed by atoms with Gasteiger partial charge in [-0.25, -0.2) is 26.4 Å². The van der Waals surface area contributed by atoms with Crippen LogP contribution in [-0.4, -0.2) is 46.6 Å². The highest BCUT2D eigenvalue weighted by Crippen LogP contribution is 2.36. The number of isocyanates is 1. The minimum absolute atomic E-state index is 0.301. The third kappa shape index (κ3) is 11.6. The minimum Gasteiger partial charge on any atom is -0.443 e. The smallest absolute Gasteiger partial charge is 0.443 e. The van der Waals surface area contributed by atoms with E-state index in [0.717, 1.165) is 28.1 Å². The van der Waals surface area contributed by atoms with E-state index in [9.17, 15) is 52.8 Å². The second-order valence-electron chi connectivity index (χ2n) is 8.66. The number of hydrogen-bond donors (Lipinski definition) is 1. The summed E-state index contributed by atoms with van der Waals surface area (Å²) in [5.41, 5.74) is -7.73. The van der Waals surface area contributed by atoms with E-state index in [1.165, 1.54) is 11.8 Å². The number of benzene rings is 2. The van der Waals surface area contributed by atoms with Crippen LogP contribution in [-0.2, 0) is 49.0 Å². The van der Waals surface area contributed by atoms with Gasteiger partial charge < -0.3 is 8.86 Å². The van der Waals surface area contributed by atoms with Gasteiger partial charge in [-0.1, -0.05) is 37.3 Å². The standard InChI is InChI=1S/C24H23N3O3.C2F6NO4S2/c1-2-23-5-3-4-14-27(23)15-16-30-24(29)26-22-12-8-20(9-13-22)17-19-6-10-21(11-7-19)25-18-28;3-1(4,5)14(10,11)9-15(12,13)2(6,7)8/h3-14H,2,15-17H2,1H3;/q;-1/p+1. The first-order valence-electron chi connectivity index (χ1n) is 12.4. The van der Waals surface area contributed by atoms with Gasteiger partial charge in [0.1, 0.15) is 0 Å². The van der Waals surface area contributed by atoms with Crippen LogP contribution in [0.2, 0.25) is 0 Å². The normalized spacial score (nSPS) is 11.9. The van der Waals surface area contributed by atoms with Crippen LogP contribution in [0.25, 0.3) is 4.13 Å². The second kappa shape index (κ2) is 15.6. The van der Waals surface area contributed by atoms with E-state index in [1.54, 1.807) is 12.1 Å². The molecular formula is C26H24F6N4O7S2. The molecule has 45 heavy (non-hydrogen) atoms. The number of sulfonamides is 2. The molecule has 0 aliphatic carbocycles. The van der Waals surface area contributed by atoms with Gasteiger partial charge in [0.2, 0.25) is 6.08 Å². The highest BCUT2D eigenvalue weighted by Gasteiger charge is 2.46. The Morgan fingerprint density at radius 1 is 0.889 bits per heavy atom. The van der Waals surface area contributed by atoms with Crippen molar-refractivity contribution in [2.45, 2.75) is 37.3 Å². The number of aromatic nitrogens is 1. The third-order valence-corrected chi connectivity index (χ3v) is 8.20. The number of aryl methyl sites for hydroxylation is 1. The zero-order valence-corrected chi connectivity index (χ0v) is 24.7. The lowest BCUT2D eigenvalue weighted by atomic mass is 10.0. The van der Waals surface area contributed by atoms with E-state index in [0.29, 0.717) is 24.5 Å². The molecule has 1 amide bonds. The van der Waals surface area contributed by atoms with Gasteiger partial charge >= 0.3 is 17.1 Å². The first-order chi connectivity index (χ1) is 20.9. The molecule has 1 aromatic heterocycles. The molecule has 0 fully saturated rings. The molecule has 0 saturated heterocycles. The zero-order valence-electron chi connectivity index (χ0n) is 23.0. The predicted molar refractivity (Wildman–Crippen MR) is 148 cm³/mol. The van der Waals surface area contributed by atoms with Crippen molar-refractivity contribution >= 4 is 43.6 Å². The maximum absolute atomic E-state index is 12.0. The van der Waals surface area contributed by atoms with Crippen LogP contribution < -0.4 is 9.88 Å². The Labute approximate surface area is 253 Å². The van der Waals surface area contributed by atoms with Gasteiger partial charge in [-0.3, -0.25) is 5.32 Å². The van der Waals surface area contributed by atoms with Gasteiger partial charge in [-0.2, -0.15) is 35.9 Å². The van der Waals surface area contributed by atoms with Crippen molar-refractivity contribution in [1.82, 2.24) is 0 Å². The molecule has 0 saturated carbocycles. The maximum Gasteiger partial charge on any atom is 0.480 e. The Balaban J connectivity index is 0.000000399. The van der Waals surface area contributed by atoms with E-state index >= 15 is 0 Å². The molecular weight excluding hydrogens is 658 g/mol. The lowest BCUT2D eigenvalue weighted by Gasteiger charge is -2.22. The number of nitrogens with one attached hydrogen (secondary N) is 1. The number of pyridine rings is 1. The van der Waals surface area contributed by atoms with Gasteiger partial charge in [0.05, 0.1) is 5.69 Å². The number of ether oxygens (including phenoxy) is 1. The molecule has 0 radical (unpaired) electrons. The summed E-state index contributed by atoms with van der Waals surface area (Å²) in [5.74, 6) is 0. The Bertz CT molecular complexity index is 1670. The van der Waals surface area contributed by atoms with Gasteiger partial charge in [0, 0.05) is 24.2 Å². The molecule has 0 atom stereocenters. The summed E-state index contributed by atoms with van der Waals surface area (Å²) in [6, 6.07) is 21.1. The van der Waals surface area contributed by atoms with Crippen LogP contribution in [0.5, 0.6) is 0 Å². The average Bonchev–Trinajstić information content (AvgIpc) is 2.94. The minimum atomic E-state index is -6.72. The Morgan fingerprint density at radius 3 is 1.91 bits per heavy atom. The van der Waals surface area contributed by atoms with Crippen molar-refractivity contribution in [3.63, 3.8) is 0 Å². The third-order valence-electron chi connectivity index (χ3n) is 5.46. The number of rotatable bonds is 10. The quantitative estimate of drug-likeness (QED) is 0.130. The van der Waals surface area contributed by atoms with Crippen LogP contribution in [0.3, 0.4) is 0 Å². The fraction of sp³-hybridized carbons (Fsp3) is 0.269. The van der Waals surface area contributed by atoms with E-state index < -0.39 is 37.2 Å². The van der Waals surface area contributed by atoms with Gasteiger partial charge in [-0.05, 0) is 41.8 Å². The van der Waals surface area contributed by atoms with Crippen LogP contribution in [0, 0.1) is 0 Å². The van der Waals surface area contributed by atoms with Crippen molar-refractivity contribution in [3.05, 3.63) is 93.9 Å². The number of anilines is 1. The molecule has 244 valence electrons. The van der Waals surface area contributed by atoms with Crippen LogP contribution in [0.15, 0.2) is 77.9 Å². The van der Waals surface area contributed by atoms with Crippen molar-refractivity contribution in [2.75, 3.05) is 11.9 Å². The molecule has 0 aliphatic heterocycles. The summed E-state index contributed by atoms with van der Waals surface area (Å²) in [4.78, 5) is 25.9. The number of carbonyl (C=O) groups is 1. The molecule has 3 aromatic rings. The number of carbonyl (C=O) groups excluding carboxylic acids is 2. The summed E-state index contributed by atoms with van der Waals surface area (Å²) in [5, 5.41) is 2.75. The topological polar surface area (TPSA) is 154 Å². The first kappa shape index (κ1) is 36.9. The molecule has 1 N–H and O–H groups in total. The van der Waals surface area contributed by atoms with E-state index in [-0.39, 0.29) is 0 Å². The van der Waals surface area contributed by atoms with Crippen molar-refractivity contribution < 1.29 is 62.1 Å². The predicted octanol–water partition coefficient (Wildman–Crippen LogP) is 5.40. The van der Waals surface area contributed by atoms with Crippen LogP contribution in [0.1, 0.15) is 23.7 Å². The molecule has 11 nitrogen and oxygen atoms in total. The highest BCUT2D eigenvalue weighted by atomic mass is 32.3. The Hall–Kier alpha value is -4.32. The van der Waals surface area contributed by atoms with Crippen molar-refractivity contribution in [3.8, 4) is 0 Å². The van der Waals surface area contributed by atoms with E-state index in [2.05, 4.69) is 27.9 Å². The van der Waals surface area contributed by atoms with Crippen molar-refractivity contribution in [2.24, 2.45) is 4.99 Å². The summed E-state index contributed by atoms with van der Waals surface area (Å²) in [7, 11) is -13.4. The van der Waals surface area contributed by atoms with E-state index in [4.69, 9.17) is 4.74 Å². The monoisotopic (exact) mass is 682 g/mol. The second-order valence-corrected chi connectivity index (χ2v) is 12.1.